The summed E-state index contributed by atoms with van der Waals surface area (Å²) in [5.74, 6) is 0.461. The molecule has 0 spiro atoms. The van der Waals surface area contributed by atoms with Gasteiger partial charge in [-0.2, -0.15) is 0 Å². The van der Waals surface area contributed by atoms with Gasteiger partial charge in [0.2, 0.25) is 5.91 Å². The number of nitrogens with zero attached hydrogens (tertiary/aromatic N) is 2. The number of amides is 1. The van der Waals surface area contributed by atoms with E-state index in [4.69, 9.17) is 0 Å². The standard InChI is InChI=1S/C17H20FN3O/c18-15-10-14(4-6-16(15)21-9-8-19-12-21)11-20-17(22)7-5-13-2-1-3-13/h4,6,8-10,12-13H,1-3,5,7,11H2,(H,20,22). The molecular weight excluding hydrogens is 281 g/mol. The number of halogens is 1. The van der Waals surface area contributed by atoms with E-state index in [0.717, 1.165) is 17.9 Å². The molecule has 1 amide bonds. The Balaban J connectivity index is 1.52. The lowest BCUT2D eigenvalue weighted by molar-refractivity contribution is -0.121. The minimum absolute atomic E-state index is 0.0472. The summed E-state index contributed by atoms with van der Waals surface area (Å²) < 4.78 is 15.7. The summed E-state index contributed by atoms with van der Waals surface area (Å²) in [4.78, 5) is 15.7. The molecule has 1 aliphatic rings. The monoisotopic (exact) mass is 301 g/mol. The van der Waals surface area contributed by atoms with Crippen LogP contribution in [0.1, 0.15) is 37.7 Å². The van der Waals surface area contributed by atoms with Gasteiger partial charge in [-0.25, -0.2) is 9.37 Å². The lowest BCUT2D eigenvalue weighted by Gasteiger charge is -2.24. The first kappa shape index (κ1) is 14.8. The minimum Gasteiger partial charge on any atom is -0.352 e. The predicted molar refractivity (Wildman–Crippen MR) is 81.9 cm³/mol. The van der Waals surface area contributed by atoms with Crippen molar-refractivity contribution in [1.82, 2.24) is 14.9 Å². The van der Waals surface area contributed by atoms with E-state index >= 15 is 0 Å². The molecule has 0 saturated heterocycles. The number of nitrogens with one attached hydrogen (secondary N) is 1. The molecule has 1 aliphatic carbocycles. The third-order valence-corrected chi connectivity index (χ3v) is 4.29. The molecule has 1 aromatic heterocycles. The lowest BCUT2D eigenvalue weighted by atomic mass is 9.82. The quantitative estimate of drug-likeness (QED) is 0.890. The summed E-state index contributed by atoms with van der Waals surface area (Å²) >= 11 is 0. The molecule has 0 atom stereocenters. The molecule has 116 valence electrons. The SMILES string of the molecule is O=C(CCC1CCC1)NCc1ccc(-n2ccnc2)c(F)c1. The lowest BCUT2D eigenvalue weighted by Crippen LogP contribution is -2.24. The van der Waals surface area contributed by atoms with E-state index in [1.807, 2.05) is 6.07 Å². The number of hydrogen-bond acceptors (Lipinski definition) is 2. The topological polar surface area (TPSA) is 46.9 Å². The van der Waals surface area contributed by atoms with Gasteiger partial charge in [0.25, 0.3) is 0 Å². The zero-order chi connectivity index (χ0) is 15.4. The Kier molecular flexibility index (Phi) is 4.51. The summed E-state index contributed by atoms with van der Waals surface area (Å²) in [5.41, 5.74) is 1.22. The average Bonchev–Trinajstić information content (AvgIpc) is 2.97. The largest absolute Gasteiger partial charge is 0.352 e. The summed E-state index contributed by atoms with van der Waals surface area (Å²) in [6, 6.07) is 4.99. The number of carbonyl (C=O) groups excluding carboxylic acids is 1. The van der Waals surface area contributed by atoms with Crippen molar-refractivity contribution in [3.8, 4) is 5.69 Å². The summed E-state index contributed by atoms with van der Waals surface area (Å²) in [7, 11) is 0. The van der Waals surface area contributed by atoms with Gasteiger partial charge in [-0.15, -0.1) is 0 Å². The van der Waals surface area contributed by atoms with Gasteiger partial charge in [0.05, 0.1) is 12.0 Å². The van der Waals surface area contributed by atoms with Crippen LogP contribution in [0, 0.1) is 11.7 Å². The Labute approximate surface area is 129 Å². The van der Waals surface area contributed by atoms with Crippen molar-refractivity contribution in [1.29, 1.82) is 0 Å². The third kappa shape index (κ3) is 3.53. The highest BCUT2D eigenvalue weighted by Gasteiger charge is 2.18. The van der Waals surface area contributed by atoms with Crippen LogP contribution < -0.4 is 5.32 Å². The van der Waals surface area contributed by atoms with Crippen LogP contribution in [0.3, 0.4) is 0 Å². The highest BCUT2D eigenvalue weighted by atomic mass is 19.1. The van der Waals surface area contributed by atoms with Crippen molar-refractivity contribution in [2.75, 3.05) is 0 Å². The first-order valence-electron chi connectivity index (χ1n) is 7.76. The highest BCUT2D eigenvalue weighted by molar-refractivity contribution is 5.75. The molecule has 2 aromatic rings. The fourth-order valence-electron chi connectivity index (χ4n) is 2.68. The van der Waals surface area contributed by atoms with E-state index in [1.165, 1.54) is 25.3 Å². The Morgan fingerprint density at radius 1 is 1.41 bits per heavy atom. The van der Waals surface area contributed by atoms with Gasteiger partial charge in [-0.3, -0.25) is 4.79 Å². The van der Waals surface area contributed by atoms with Crippen LogP contribution in [0.15, 0.2) is 36.9 Å². The van der Waals surface area contributed by atoms with Crippen molar-refractivity contribution in [2.24, 2.45) is 5.92 Å². The molecule has 5 heteroatoms. The zero-order valence-electron chi connectivity index (χ0n) is 12.5. The number of benzene rings is 1. The summed E-state index contributed by atoms with van der Waals surface area (Å²) in [5, 5.41) is 2.86. The second-order valence-electron chi connectivity index (χ2n) is 5.87. The van der Waals surface area contributed by atoms with Crippen LogP contribution in [-0.2, 0) is 11.3 Å². The normalized spacial score (nSPS) is 14.6. The number of carbonyl (C=O) groups is 1. The Morgan fingerprint density at radius 2 is 2.27 bits per heavy atom. The molecule has 0 bridgehead atoms. The van der Waals surface area contributed by atoms with E-state index in [2.05, 4.69) is 10.3 Å². The maximum absolute atomic E-state index is 14.1. The summed E-state index contributed by atoms with van der Waals surface area (Å²) in [6.45, 7) is 0.366. The summed E-state index contributed by atoms with van der Waals surface area (Å²) in [6.07, 6.45) is 10.2. The smallest absolute Gasteiger partial charge is 0.220 e. The Bertz CT molecular complexity index is 635. The van der Waals surface area contributed by atoms with Crippen LogP contribution >= 0.6 is 0 Å². The zero-order valence-corrected chi connectivity index (χ0v) is 12.5. The van der Waals surface area contributed by atoms with Crippen molar-refractivity contribution >= 4 is 5.91 Å². The number of imidazole rings is 1. The molecule has 1 heterocycles. The van der Waals surface area contributed by atoms with Crippen LogP contribution in [0.4, 0.5) is 4.39 Å². The van der Waals surface area contributed by atoms with Gasteiger partial charge in [0.1, 0.15) is 5.82 Å². The van der Waals surface area contributed by atoms with E-state index in [0.29, 0.717) is 18.7 Å². The molecule has 1 saturated carbocycles. The van der Waals surface area contributed by atoms with Crippen molar-refractivity contribution in [2.45, 2.75) is 38.6 Å². The van der Waals surface area contributed by atoms with Crippen molar-refractivity contribution in [3.63, 3.8) is 0 Å². The van der Waals surface area contributed by atoms with Gasteiger partial charge in [-0.1, -0.05) is 25.3 Å². The average molecular weight is 301 g/mol. The fourth-order valence-corrected chi connectivity index (χ4v) is 2.68. The molecule has 4 nitrogen and oxygen atoms in total. The molecular formula is C17H20FN3O. The predicted octanol–water partition coefficient (Wildman–Crippen LogP) is 3.21. The molecule has 1 N–H and O–H groups in total. The first-order valence-corrected chi connectivity index (χ1v) is 7.76. The van der Waals surface area contributed by atoms with Gasteiger partial charge in [0.15, 0.2) is 0 Å². The highest BCUT2D eigenvalue weighted by Crippen LogP contribution is 2.30. The third-order valence-electron chi connectivity index (χ3n) is 4.29. The van der Waals surface area contributed by atoms with Crippen LogP contribution in [-0.4, -0.2) is 15.5 Å². The number of hydrogen-bond donors (Lipinski definition) is 1. The minimum atomic E-state index is -0.320. The molecule has 0 aliphatic heterocycles. The van der Waals surface area contributed by atoms with E-state index < -0.39 is 0 Å². The second kappa shape index (κ2) is 6.73. The van der Waals surface area contributed by atoms with Gasteiger partial charge >= 0.3 is 0 Å². The molecule has 0 radical (unpaired) electrons. The Morgan fingerprint density at radius 3 is 2.91 bits per heavy atom. The fraction of sp³-hybridized carbons (Fsp3) is 0.412. The van der Waals surface area contributed by atoms with E-state index in [9.17, 15) is 9.18 Å². The van der Waals surface area contributed by atoms with Gasteiger partial charge in [0, 0.05) is 25.4 Å². The maximum atomic E-state index is 14.1. The molecule has 0 unspecified atom stereocenters. The van der Waals surface area contributed by atoms with Crippen LogP contribution in [0.2, 0.25) is 0 Å². The van der Waals surface area contributed by atoms with E-state index in [-0.39, 0.29) is 11.7 Å². The maximum Gasteiger partial charge on any atom is 0.220 e. The molecule has 22 heavy (non-hydrogen) atoms. The van der Waals surface area contributed by atoms with Crippen molar-refractivity contribution in [3.05, 3.63) is 48.3 Å². The first-order chi connectivity index (χ1) is 10.7. The van der Waals surface area contributed by atoms with Gasteiger partial charge < -0.3 is 9.88 Å². The Hall–Kier alpha value is -2.17. The second-order valence-corrected chi connectivity index (χ2v) is 5.87. The molecule has 1 fully saturated rings. The van der Waals surface area contributed by atoms with E-state index in [1.54, 1.807) is 29.4 Å². The van der Waals surface area contributed by atoms with Crippen molar-refractivity contribution < 1.29 is 9.18 Å². The molecule has 3 rings (SSSR count). The number of rotatable bonds is 6. The number of aromatic nitrogens is 2. The molecule has 1 aromatic carbocycles. The van der Waals surface area contributed by atoms with Crippen LogP contribution in [0.25, 0.3) is 5.69 Å². The van der Waals surface area contributed by atoms with Gasteiger partial charge in [-0.05, 0) is 30.0 Å². The van der Waals surface area contributed by atoms with Crippen LogP contribution in [0.5, 0.6) is 0 Å².